The van der Waals surface area contributed by atoms with Crippen LogP contribution in [0.1, 0.15) is 6.42 Å². The molecule has 9 heavy (non-hydrogen) atoms. The van der Waals surface area contributed by atoms with Crippen LogP contribution in [-0.2, 0) is 8.87 Å². The third-order valence-corrected chi connectivity index (χ3v) is 3.36. The Morgan fingerprint density at radius 3 is 2.44 bits per heavy atom. The van der Waals surface area contributed by atoms with E-state index in [1.54, 1.807) is 0 Å². The van der Waals surface area contributed by atoms with Crippen molar-refractivity contribution in [3.63, 3.8) is 0 Å². The quantitative estimate of drug-likeness (QED) is 0.449. The van der Waals surface area contributed by atoms with E-state index in [0.717, 1.165) is 23.8 Å². The van der Waals surface area contributed by atoms with Crippen LogP contribution in [0.25, 0.3) is 0 Å². The number of rotatable bonds is 4. The van der Waals surface area contributed by atoms with Gasteiger partial charge in [0.15, 0.2) is 8.87 Å². The standard InChI is InChI=1S/C4H11NO2S2/c1-9(6,7)8-4-2-3-5/h2-5H2,1H3/p+1. The maximum atomic E-state index is 10.4. The maximum Gasteiger partial charge on any atom is 0.198 e. The van der Waals surface area contributed by atoms with Crippen molar-refractivity contribution in [3.05, 3.63) is 0 Å². The maximum absolute atomic E-state index is 10.4. The first-order valence-corrected chi connectivity index (χ1v) is 6.09. The van der Waals surface area contributed by atoms with Crippen molar-refractivity contribution in [2.75, 3.05) is 18.6 Å². The molecule has 0 saturated carbocycles. The van der Waals surface area contributed by atoms with Gasteiger partial charge in [-0.1, -0.05) is 0 Å². The lowest BCUT2D eigenvalue weighted by Gasteiger charge is -1.92. The first kappa shape index (κ1) is 9.26. The third kappa shape index (κ3) is 8.26. The van der Waals surface area contributed by atoms with Crippen molar-refractivity contribution in [1.82, 2.24) is 0 Å². The predicted octanol–water partition coefficient (Wildman–Crippen LogP) is -0.689. The highest BCUT2D eigenvalue weighted by molar-refractivity contribution is 8.71. The van der Waals surface area contributed by atoms with Crippen LogP contribution >= 0.6 is 10.8 Å². The SMILES string of the molecule is CS(=O)(=O)SCCC[NH3+]. The Balaban J connectivity index is 3.30. The Morgan fingerprint density at radius 2 is 2.11 bits per heavy atom. The minimum absolute atomic E-state index is 0.669. The van der Waals surface area contributed by atoms with Crippen molar-refractivity contribution in [2.24, 2.45) is 0 Å². The van der Waals surface area contributed by atoms with Gasteiger partial charge in [0.05, 0.1) is 6.54 Å². The highest BCUT2D eigenvalue weighted by Gasteiger charge is 2.00. The summed E-state index contributed by atoms with van der Waals surface area (Å²) in [6.45, 7) is 0.808. The van der Waals surface area contributed by atoms with Gasteiger partial charge >= 0.3 is 0 Å². The van der Waals surface area contributed by atoms with E-state index < -0.39 is 8.87 Å². The van der Waals surface area contributed by atoms with Crippen molar-refractivity contribution < 1.29 is 14.2 Å². The Hall–Kier alpha value is 0.260. The molecule has 0 amide bonds. The lowest BCUT2D eigenvalue weighted by atomic mass is 10.5. The highest BCUT2D eigenvalue weighted by Crippen LogP contribution is 2.09. The average Bonchev–Trinajstić information content (AvgIpc) is 1.63. The molecule has 0 aromatic carbocycles. The summed E-state index contributed by atoms with van der Waals surface area (Å²) >= 11 is 0. The fourth-order valence-corrected chi connectivity index (χ4v) is 2.20. The summed E-state index contributed by atoms with van der Waals surface area (Å²) in [6, 6.07) is 0. The number of hydrogen-bond donors (Lipinski definition) is 1. The highest BCUT2D eigenvalue weighted by atomic mass is 33.1. The summed E-state index contributed by atoms with van der Waals surface area (Å²) in [6.07, 6.45) is 2.10. The summed E-state index contributed by atoms with van der Waals surface area (Å²) < 4.78 is 20.9. The number of quaternary nitrogens is 1. The molecule has 5 heteroatoms. The monoisotopic (exact) mass is 170 g/mol. The molecule has 0 radical (unpaired) electrons. The van der Waals surface area contributed by atoms with Gasteiger partial charge in [0.2, 0.25) is 0 Å². The fraction of sp³-hybridized carbons (Fsp3) is 1.00. The van der Waals surface area contributed by atoms with Crippen LogP contribution in [-0.4, -0.2) is 27.0 Å². The lowest BCUT2D eigenvalue weighted by Crippen LogP contribution is -2.50. The van der Waals surface area contributed by atoms with Crippen LogP contribution in [0.5, 0.6) is 0 Å². The molecule has 0 aromatic heterocycles. The van der Waals surface area contributed by atoms with E-state index in [1.165, 1.54) is 6.26 Å². The Bertz CT molecular complexity index is 152. The smallest absolute Gasteiger partial charge is 0.198 e. The minimum atomic E-state index is -2.81. The Kier molecular flexibility index (Phi) is 4.26. The summed E-state index contributed by atoms with van der Waals surface area (Å²) in [4.78, 5) is 0. The molecule has 0 heterocycles. The molecule has 0 rings (SSSR count). The molecule has 56 valence electrons. The van der Waals surface area contributed by atoms with Crippen LogP contribution in [0.4, 0.5) is 0 Å². The molecule has 0 aromatic rings. The topological polar surface area (TPSA) is 61.8 Å². The molecular weight excluding hydrogens is 158 g/mol. The lowest BCUT2D eigenvalue weighted by molar-refractivity contribution is -0.367. The molecule has 0 aliphatic rings. The van der Waals surface area contributed by atoms with E-state index in [9.17, 15) is 8.42 Å². The van der Waals surface area contributed by atoms with Gasteiger partial charge in [-0.3, -0.25) is 0 Å². The van der Waals surface area contributed by atoms with Crippen molar-refractivity contribution >= 4 is 19.7 Å². The van der Waals surface area contributed by atoms with Crippen molar-refractivity contribution in [3.8, 4) is 0 Å². The second-order valence-electron chi connectivity index (χ2n) is 1.73. The van der Waals surface area contributed by atoms with Gasteiger partial charge in [-0.05, 0) is 10.8 Å². The molecule has 3 nitrogen and oxygen atoms in total. The van der Waals surface area contributed by atoms with Crippen LogP contribution in [0.15, 0.2) is 0 Å². The van der Waals surface area contributed by atoms with Gasteiger partial charge in [0.25, 0.3) is 0 Å². The van der Waals surface area contributed by atoms with Gasteiger partial charge in [0, 0.05) is 18.4 Å². The molecule has 0 atom stereocenters. The van der Waals surface area contributed by atoms with Crippen LogP contribution in [0, 0.1) is 0 Å². The van der Waals surface area contributed by atoms with Crippen LogP contribution in [0.2, 0.25) is 0 Å². The van der Waals surface area contributed by atoms with E-state index >= 15 is 0 Å². The first-order chi connectivity index (χ1) is 4.06. The normalized spacial score (nSPS) is 11.8. The summed E-state index contributed by atoms with van der Waals surface area (Å²) in [7, 11) is -1.82. The zero-order valence-electron chi connectivity index (χ0n) is 5.46. The van der Waals surface area contributed by atoms with Gasteiger partial charge in [0.1, 0.15) is 0 Å². The Morgan fingerprint density at radius 1 is 1.56 bits per heavy atom. The summed E-state index contributed by atoms with van der Waals surface area (Å²) in [5.74, 6) is 0.669. The molecule has 0 saturated heterocycles. The predicted molar refractivity (Wildman–Crippen MR) is 39.7 cm³/mol. The van der Waals surface area contributed by atoms with Gasteiger partial charge in [-0.15, -0.1) is 0 Å². The molecule has 0 fully saturated rings. The third-order valence-electron chi connectivity index (χ3n) is 0.692. The van der Waals surface area contributed by atoms with E-state index in [4.69, 9.17) is 0 Å². The zero-order valence-corrected chi connectivity index (χ0v) is 7.09. The van der Waals surface area contributed by atoms with Gasteiger partial charge in [-0.2, -0.15) is 0 Å². The molecule has 0 aliphatic carbocycles. The van der Waals surface area contributed by atoms with Crippen LogP contribution < -0.4 is 5.73 Å². The summed E-state index contributed by atoms with van der Waals surface area (Å²) in [5, 5.41) is 0. The second-order valence-corrected chi connectivity index (χ2v) is 6.31. The molecular formula is C4H12NO2S2+. The second kappa shape index (κ2) is 4.14. The molecule has 0 aliphatic heterocycles. The van der Waals surface area contributed by atoms with Crippen LogP contribution in [0.3, 0.4) is 0 Å². The van der Waals surface area contributed by atoms with Gasteiger partial charge in [-0.25, -0.2) is 8.42 Å². The molecule has 0 spiro atoms. The minimum Gasteiger partial charge on any atom is -0.358 e. The molecule has 0 bridgehead atoms. The van der Waals surface area contributed by atoms with Gasteiger partial charge < -0.3 is 5.73 Å². The van der Waals surface area contributed by atoms with Crippen molar-refractivity contribution in [2.45, 2.75) is 6.42 Å². The molecule has 3 N–H and O–H groups in total. The fourth-order valence-electron chi connectivity index (χ4n) is 0.312. The zero-order chi connectivity index (χ0) is 7.33. The number of hydrogen-bond acceptors (Lipinski definition) is 3. The molecule has 0 unspecified atom stereocenters. The summed E-state index contributed by atoms with van der Waals surface area (Å²) in [5.41, 5.74) is 3.60. The Labute approximate surface area is 59.3 Å². The largest absolute Gasteiger partial charge is 0.358 e. The van der Waals surface area contributed by atoms with E-state index in [0.29, 0.717) is 5.75 Å². The average molecular weight is 170 g/mol. The van der Waals surface area contributed by atoms with E-state index in [2.05, 4.69) is 5.73 Å². The first-order valence-electron chi connectivity index (χ1n) is 2.70. The van der Waals surface area contributed by atoms with E-state index in [-0.39, 0.29) is 0 Å². The van der Waals surface area contributed by atoms with E-state index in [1.807, 2.05) is 0 Å². The van der Waals surface area contributed by atoms with Crippen molar-refractivity contribution in [1.29, 1.82) is 0 Å².